The van der Waals surface area contributed by atoms with E-state index in [9.17, 15) is 29.1 Å². The van der Waals surface area contributed by atoms with Gasteiger partial charge in [-0.15, -0.1) is 0 Å². The first-order valence-corrected chi connectivity index (χ1v) is 17.8. The molecule has 57 heavy (non-hydrogen) atoms. The van der Waals surface area contributed by atoms with Gasteiger partial charge in [0.15, 0.2) is 23.7 Å². The number of esters is 3. The second kappa shape index (κ2) is 18.2. The Morgan fingerprint density at radius 3 is 2.26 bits per heavy atom. The van der Waals surface area contributed by atoms with Crippen LogP contribution in [0, 0.1) is 28.6 Å². The number of carbonyl (C=O) groups excluding carboxylic acids is 5. The molecule has 0 aliphatic heterocycles. The van der Waals surface area contributed by atoms with Crippen LogP contribution >= 0.6 is 0 Å². The number of hydrogen-bond acceptors (Lipinski definition) is 22. The van der Waals surface area contributed by atoms with Crippen molar-refractivity contribution in [1.82, 2.24) is 16.2 Å². The van der Waals surface area contributed by atoms with Crippen molar-refractivity contribution in [2.45, 2.75) is 95.0 Å². The minimum atomic E-state index is -2.53. The van der Waals surface area contributed by atoms with E-state index in [0.717, 1.165) is 12.2 Å². The number of aliphatic hydroxyl groups is 1. The zero-order chi connectivity index (χ0) is 42.7. The predicted molar refractivity (Wildman–Crippen MR) is 174 cm³/mol. The first-order chi connectivity index (χ1) is 26.5. The van der Waals surface area contributed by atoms with Crippen LogP contribution in [-0.4, -0.2) is 144 Å². The molecule has 24 heteroatoms. The first kappa shape index (κ1) is 46.2. The predicted octanol–water partition coefficient (Wildman–Crippen LogP) is 0.391. The monoisotopic (exact) mass is 826 g/mol. The molecule has 4 aliphatic rings. The molecule has 3 saturated carbocycles. The summed E-state index contributed by atoms with van der Waals surface area (Å²) in [4.78, 5) is 78.5. The SMILES string of the molecule is C[C@@H]1CC2C3C[C@H](F)C4=CC(=O)C=C[C@]4(C)[C@@]3(F)[C@@H](O)C[C@]2(C)[C@@]1(OC(=O)CCCON(O)O)C(=O)COC(=O)CC(N)C(=O)OCC(CON(O)O)ON(O)O. The molecule has 0 amide bonds. The van der Waals surface area contributed by atoms with E-state index in [-0.39, 0.29) is 25.0 Å². The molecule has 9 N–H and O–H groups in total. The molecule has 0 aromatic rings. The van der Waals surface area contributed by atoms with Crippen molar-refractivity contribution in [3.63, 3.8) is 0 Å². The smallest absolute Gasteiger partial charge is 0.323 e. The molecule has 0 saturated heterocycles. The number of rotatable bonds is 19. The van der Waals surface area contributed by atoms with Gasteiger partial charge in [0.05, 0.1) is 35.3 Å². The molecular weight excluding hydrogens is 778 g/mol. The first-order valence-electron chi connectivity index (χ1n) is 17.8. The average molecular weight is 827 g/mol. The molecular formula is C33H48F2N4O18. The van der Waals surface area contributed by atoms with Gasteiger partial charge >= 0.3 is 17.9 Å². The number of ether oxygens (including phenoxy) is 3. The van der Waals surface area contributed by atoms with E-state index < -0.39 is 155 Å². The highest BCUT2D eigenvalue weighted by Gasteiger charge is 2.78. The molecule has 322 valence electrons. The van der Waals surface area contributed by atoms with Gasteiger partial charge < -0.3 is 25.1 Å². The minimum Gasteiger partial charge on any atom is -0.462 e. The molecule has 11 atom stereocenters. The van der Waals surface area contributed by atoms with Crippen molar-refractivity contribution in [1.29, 1.82) is 0 Å². The van der Waals surface area contributed by atoms with Crippen molar-refractivity contribution in [2.24, 2.45) is 34.3 Å². The molecule has 4 unspecified atom stereocenters. The van der Waals surface area contributed by atoms with E-state index in [0.29, 0.717) is 0 Å². The van der Waals surface area contributed by atoms with Gasteiger partial charge in [-0.3, -0.25) is 60.1 Å². The number of nitrogens with two attached hydrogens (primary N) is 1. The highest BCUT2D eigenvalue weighted by Crippen LogP contribution is 2.71. The van der Waals surface area contributed by atoms with Crippen molar-refractivity contribution in [3.05, 3.63) is 23.8 Å². The summed E-state index contributed by atoms with van der Waals surface area (Å²) in [6.45, 7) is 1.35. The molecule has 4 rings (SSSR count). The fourth-order valence-electron chi connectivity index (χ4n) is 9.23. The van der Waals surface area contributed by atoms with E-state index in [1.54, 1.807) is 0 Å². The van der Waals surface area contributed by atoms with Crippen LogP contribution in [0.15, 0.2) is 23.8 Å². The van der Waals surface area contributed by atoms with Gasteiger partial charge in [0.2, 0.25) is 5.78 Å². The van der Waals surface area contributed by atoms with Crippen LogP contribution in [0.25, 0.3) is 0 Å². The Bertz CT molecular complexity index is 1590. The summed E-state index contributed by atoms with van der Waals surface area (Å²) in [6, 6.07) is -1.73. The van der Waals surface area contributed by atoms with Crippen LogP contribution in [0.5, 0.6) is 0 Å². The second-order valence-corrected chi connectivity index (χ2v) is 14.9. The fraction of sp³-hybridized carbons (Fsp3) is 0.727. The lowest BCUT2D eigenvalue weighted by atomic mass is 9.44. The Kier molecular flexibility index (Phi) is 14.8. The third kappa shape index (κ3) is 9.23. The number of aliphatic hydroxyl groups excluding tert-OH is 1. The number of carbonyl (C=O) groups is 5. The number of halogens is 2. The summed E-state index contributed by atoms with van der Waals surface area (Å²) >= 11 is 0. The summed E-state index contributed by atoms with van der Waals surface area (Å²) in [5, 5.41) is 62.3. The number of hydrogen-bond donors (Lipinski definition) is 8. The second-order valence-electron chi connectivity index (χ2n) is 14.9. The lowest BCUT2D eigenvalue weighted by Crippen LogP contribution is -2.71. The molecule has 3 fully saturated rings. The zero-order valence-corrected chi connectivity index (χ0v) is 31.1. The van der Waals surface area contributed by atoms with Crippen molar-refractivity contribution in [2.75, 3.05) is 26.4 Å². The summed E-state index contributed by atoms with van der Waals surface area (Å²) in [5.74, 6) is -8.13. The third-order valence-electron chi connectivity index (χ3n) is 11.7. The molecule has 0 aromatic heterocycles. The molecule has 4 aliphatic carbocycles. The Balaban J connectivity index is 1.56. The van der Waals surface area contributed by atoms with Crippen LogP contribution in [0.4, 0.5) is 8.78 Å². The standard InChI is InChI=1S/C33H48F2N4O18/c1-17-9-20-21-11-23(34)22-10-18(40)6-7-30(22,2)32(21,35)25(41)13-31(20,3)33(17,56-27(43)5-4-8-54-37(46)47)26(42)16-52-28(44)12-24(36)29(45)53-14-19(57-39(50)51)15-55-38(48)49/h6-7,10,17,19-21,23-25,41,46-51H,4-5,8-9,11-16,36H2,1-3H3/t17-,19?,20?,21?,23+,24?,25+,30+,31+,32+,33+/m1/s1. The third-order valence-corrected chi connectivity index (χ3v) is 11.7. The Labute approximate surface area is 323 Å². The van der Waals surface area contributed by atoms with Gasteiger partial charge in [0, 0.05) is 29.1 Å². The molecule has 0 aromatic carbocycles. The van der Waals surface area contributed by atoms with Gasteiger partial charge in [0.1, 0.15) is 31.5 Å². The van der Waals surface area contributed by atoms with E-state index in [1.165, 1.54) is 26.8 Å². The number of allylic oxidation sites excluding steroid dienone is 4. The number of alkyl halides is 2. The van der Waals surface area contributed by atoms with Gasteiger partial charge in [-0.2, -0.15) is 0 Å². The number of Topliss-reactive ketones (excluding diaryl/α,β-unsaturated/α-hetero) is 1. The maximum atomic E-state index is 17.8. The van der Waals surface area contributed by atoms with E-state index in [1.807, 2.05) is 0 Å². The van der Waals surface area contributed by atoms with Gasteiger partial charge in [-0.05, 0) is 56.3 Å². The van der Waals surface area contributed by atoms with Crippen LogP contribution in [0.1, 0.15) is 59.3 Å². The number of fused-ring (bicyclic) bond motifs is 5. The fourth-order valence-corrected chi connectivity index (χ4v) is 9.23. The highest BCUT2D eigenvalue weighted by atomic mass is 19.1. The van der Waals surface area contributed by atoms with E-state index in [4.69, 9.17) is 51.2 Å². The molecule has 22 nitrogen and oxygen atoms in total. The van der Waals surface area contributed by atoms with Gasteiger partial charge in [0.25, 0.3) is 0 Å². The number of nitrogens with zero attached hydrogens (tertiary/aromatic N) is 3. The topological polar surface area (TPSA) is 318 Å². The maximum Gasteiger partial charge on any atom is 0.323 e. The summed E-state index contributed by atoms with van der Waals surface area (Å²) in [6.07, 6.45) is -4.31. The summed E-state index contributed by atoms with van der Waals surface area (Å²) in [5.41, 5.74) is -2.48. The Morgan fingerprint density at radius 1 is 0.965 bits per heavy atom. The van der Waals surface area contributed by atoms with Crippen molar-refractivity contribution < 1.29 is 97.8 Å². The number of ketones is 2. The van der Waals surface area contributed by atoms with Crippen molar-refractivity contribution >= 4 is 29.5 Å². The molecule has 0 spiro atoms. The highest BCUT2D eigenvalue weighted by molar-refractivity contribution is 6.01. The van der Waals surface area contributed by atoms with Crippen LogP contribution in [-0.2, 0) is 52.7 Å². The molecule has 0 bridgehead atoms. The van der Waals surface area contributed by atoms with Crippen LogP contribution in [0.3, 0.4) is 0 Å². The summed E-state index contributed by atoms with van der Waals surface area (Å²) < 4.78 is 49.8. The Morgan fingerprint density at radius 2 is 1.63 bits per heavy atom. The molecule has 0 radical (unpaired) electrons. The average Bonchev–Trinajstić information content (AvgIpc) is 3.33. The van der Waals surface area contributed by atoms with Crippen molar-refractivity contribution in [3.8, 4) is 0 Å². The zero-order valence-electron chi connectivity index (χ0n) is 31.1. The van der Waals surface area contributed by atoms with Gasteiger partial charge in [-0.1, -0.05) is 19.9 Å². The lowest BCUT2D eigenvalue weighted by molar-refractivity contribution is -0.527. The van der Waals surface area contributed by atoms with Crippen LogP contribution < -0.4 is 5.73 Å². The normalized spacial score (nSPS) is 34.3. The van der Waals surface area contributed by atoms with E-state index >= 15 is 8.78 Å². The largest absolute Gasteiger partial charge is 0.462 e. The quantitative estimate of drug-likeness (QED) is 0.0378. The lowest BCUT2D eigenvalue weighted by Gasteiger charge is -2.63. The van der Waals surface area contributed by atoms with Crippen LogP contribution in [0.2, 0.25) is 0 Å². The summed E-state index contributed by atoms with van der Waals surface area (Å²) in [7, 11) is 0. The minimum absolute atomic E-state index is 0.0183. The maximum absolute atomic E-state index is 17.8. The van der Waals surface area contributed by atoms with Gasteiger partial charge in [-0.25, -0.2) is 18.5 Å². The Hall–Kier alpha value is -3.47. The molecule has 0 heterocycles. The van der Waals surface area contributed by atoms with E-state index in [2.05, 4.69) is 14.5 Å².